The first-order valence-electron chi connectivity index (χ1n) is 5.11. The first-order chi connectivity index (χ1) is 8.47. The maximum absolute atomic E-state index is 11.2. The first-order valence-corrected chi connectivity index (χ1v) is 7.45. The third-order valence-corrected chi connectivity index (χ3v) is 3.89. The zero-order valence-corrected chi connectivity index (χ0v) is 11.7. The first kappa shape index (κ1) is 13.1. The van der Waals surface area contributed by atoms with Crippen LogP contribution >= 0.6 is 15.9 Å². The van der Waals surface area contributed by atoms with Crippen LogP contribution in [0.3, 0.4) is 0 Å². The van der Waals surface area contributed by atoms with Crippen molar-refractivity contribution < 1.29 is 8.42 Å². The van der Waals surface area contributed by atoms with Crippen LogP contribution in [0.1, 0.15) is 0 Å². The van der Waals surface area contributed by atoms with Gasteiger partial charge < -0.3 is 5.32 Å². The molecule has 0 heterocycles. The van der Waals surface area contributed by atoms with Gasteiger partial charge in [0.1, 0.15) is 0 Å². The molecular formula is C12H11BrN2O2S. The lowest BCUT2D eigenvalue weighted by Crippen LogP contribution is -2.12. The minimum atomic E-state index is -3.67. The number of benzene rings is 2. The van der Waals surface area contributed by atoms with Crippen molar-refractivity contribution in [3.63, 3.8) is 0 Å². The Labute approximate surface area is 114 Å². The molecule has 0 spiro atoms. The van der Waals surface area contributed by atoms with Crippen molar-refractivity contribution in [3.8, 4) is 0 Å². The van der Waals surface area contributed by atoms with E-state index in [9.17, 15) is 8.42 Å². The number of para-hydroxylation sites is 1. The Bertz CT molecular complexity index is 657. The number of primary sulfonamides is 1. The van der Waals surface area contributed by atoms with Crippen molar-refractivity contribution in [2.24, 2.45) is 5.14 Å². The van der Waals surface area contributed by atoms with Gasteiger partial charge in [0.05, 0.1) is 10.6 Å². The molecule has 2 aromatic carbocycles. The summed E-state index contributed by atoms with van der Waals surface area (Å²) in [6.45, 7) is 0. The molecule has 0 saturated carbocycles. The molecule has 4 nitrogen and oxygen atoms in total. The number of nitrogens with two attached hydrogens (primary N) is 1. The van der Waals surface area contributed by atoms with E-state index in [4.69, 9.17) is 5.14 Å². The lowest BCUT2D eigenvalue weighted by atomic mass is 10.3. The van der Waals surface area contributed by atoms with Gasteiger partial charge in [-0.15, -0.1) is 0 Å². The SMILES string of the molecule is NS(=O)(=O)c1ccc(Nc2ccccc2)c(Br)c1. The van der Waals surface area contributed by atoms with Crippen LogP contribution in [-0.4, -0.2) is 8.42 Å². The number of rotatable bonds is 3. The number of halogens is 1. The largest absolute Gasteiger partial charge is 0.355 e. The van der Waals surface area contributed by atoms with Gasteiger partial charge in [-0.25, -0.2) is 13.6 Å². The Morgan fingerprint density at radius 1 is 1.06 bits per heavy atom. The van der Waals surface area contributed by atoms with Gasteiger partial charge in [-0.1, -0.05) is 18.2 Å². The van der Waals surface area contributed by atoms with E-state index in [1.807, 2.05) is 30.3 Å². The van der Waals surface area contributed by atoms with Gasteiger partial charge in [-0.3, -0.25) is 0 Å². The highest BCUT2D eigenvalue weighted by atomic mass is 79.9. The van der Waals surface area contributed by atoms with Crippen molar-refractivity contribution in [1.82, 2.24) is 0 Å². The van der Waals surface area contributed by atoms with Gasteiger partial charge in [-0.05, 0) is 46.3 Å². The van der Waals surface area contributed by atoms with E-state index < -0.39 is 10.0 Å². The Balaban J connectivity index is 2.32. The van der Waals surface area contributed by atoms with Crippen molar-refractivity contribution in [2.75, 3.05) is 5.32 Å². The molecule has 0 aliphatic carbocycles. The quantitative estimate of drug-likeness (QED) is 0.910. The van der Waals surface area contributed by atoms with Crippen molar-refractivity contribution >= 4 is 37.3 Å². The van der Waals surface area contributed by atoms with E-state index in [0.29, 0.717) is 4.47 Å². The number of hydrogen-bond donors (Lipinski definition) is 2. The van der Waals surface area contributed by atoms with E-state index in [1.54, 1.807) is 6.07 Å². The Hall–Kier alpha value is -1.37. The molecule has 0 aliphatic heterocycles. The molecule has 2 aromatic rings. The maximum atomic E-state index is 11.2. The fourth-order valence-corrected chi connectivity index (χ4v) is 2.62. The van der Waals surface area contributed by atoms with Crippen LogP contribution in [0, 0.1) is 0 Å². The van der Waals surface area contributed by atoms with Crippen LogP contribution in [0.4, 0.5) is 11.4 Å². The molecule has 0 bridgehead atoms. The maximum Gasteiger partial charge on any atom is 0.238 e. The van der Waals surface area contributed by atoms with Gasteiger partial charge in [0, 0.05) is 10.2 Å². The molecule has 2 rings (SSSR count). The summed E-state index contributed by atoms with van der Waals surface area (Å²) in [5.74, 6) is 0. The number of sulfonamides is 1. The highest BCUT2D eigenvalue weighted by Crippen LogP contribution is 2.27. The monoisotopic (exact) mass is 326 g/mol. The Kier molecular flexibility index (Phi) is 3.70. The lowest BCUT2D eigenvalue weighted by Gasteiger charge is -2.09. The molecule has 6 heteroatoms. The average molecular weight is 327 g/mol. The summed E-state index contributed by atoms with van der Waals surface area (Å²) in [6.07, 6.45) is 0. The molecule has 18 heavy (non-hydrogen) atoms. The predicted molar refractivity (Wildman–Crippen MR) is 75.2 cm³/mol. The third-order valence-electron chi connectivity index (χ3n) is 2.32. The van der Waals surface area contributed by atoms with Crippen LogP contribution in [0.15, 0.2) is 57.9 Å². The molecule has 0 aliphatic rings. The highest BCUT2D eigenvalue weighted by Gasteiger charge is 2.10. The fraction of sp³-hybridized carbons (Fsp3) is 0. The topological polar surface area (TPSA) is 72.2 Å². The van der Waals surface area contributed by atoms with E-state index in [-0.39, 0.29) is 4.90 Å². The fourth-order valence-electron chi connectivity index (χ4n) is 1.45. The predicted octanol–water partition coefficient (Wildman–Crippen LogP) is 2.84. The second-order valence-corrected chi connectivity index (χ2v) is 6.09. The molecular weight excluding hydrogens is 316 g/mol. The molecule has 0 aromatic heterocycles. The van der Waals surface area contributed by atoms with Crippen LogP contribution in [-0.2, 0) is 10.0 Å². The number of anilines is 2. The summed E-state index contributed by atoms with van der Waals surface area (Å²) in [5, 5.41) is 8.23. The standard InChI is InChI=1S/C12H11BrN2O2S/c13-11-8-10(18(14,16)17)6-7-12(11)15-9-4-2-1-3-5-9/h1-8,15H,(H2,14,16,17). The summed E-state index contributed by atoms with van der Waals surface area (Å²) in [5.41, 5.74) is 1.69. The van der Waals surface area contributed by atoms with Gasteiger partial charge >= 0.3 is 0 Å². The minimum absolute atomic E-state index is 0.0768. The van der Waals surface area contributed by atoms with E-state index in [2.05, 4.69) is 21.2 Å². The summed E-state index contributed by atoms with van der Waals surface area (Å²) in [7, 11) is -3.67. The number of nitrogens with one attached hydrogen (secondary N) is 1. The van der Waals surface area contributed by atoms with E-state index >= 15 is 0 Å². The summed E-state index contributed by atoms with van der Waals surface area (Å²) >= 11 is 3.31. The molecule has 94 valence electrons. The summed E-state index contributed by atoms with van der Waals surface area (Å²) in [6, 6.07) is 14.2. The van der Waals surface area contributed by atoms with Crippen LogP contribution < -0.4 is 10.5 Å². The molecule has 0 fully saturated rings. The van der Waals surface area contributed by atoms with E-state index in [1.165, 1.54) is 12.1 Å². The third kappa shape index (κ3) is 3.10. The van der Waals surface area contributed by atoms with Crippen molar-refractivity contribution in [3.05, 3.63) is 53.0 Å². The normalized spacial score (nSPS) is 11.2. The summed E-state index contributed by atoms with van der Waals surface area (Å²) < 4.78 is 23.0. The van der Waals surface area contributed by atoms with Gasteiger partial charge in [0.2, 0.25) is 10.0 Å². The Morgan fingerprint density at radius 3 is 2.28 bits per heavy atom. The smallest absolute Gasteiger partial charge is 0.238 e. The molecule has 0 radical (unpaired) electrons. The van der Waals surface area contributed by atoms with Crippen molar-refractivity contribution in [1.29, 1.82) is 0 Å². The molecule has 0 unspecified atom stereocenters. The summed E-state index contributed by atoms with van der Waals surface area (Å²) in [4.78, 5) is 0.0768. The van der Waals surface area contributed by atoms with Gasteiger partial charge in [-0.2, -0.15) is 0 Å². The van der Waals surface area contributed by atoms with Crippen LogP contribution in [0.5, 0.6) is 0 Å². The van der Waals surface area contributed by atoms with E-state index in [0.717, 1.165) is 11.4 Å². The molecule has 3 N–H and O–H groups in total. The van der Waals surface area contributed by atoms with Crippen LogP contribution in [0.25, 0.3) is 0 Å². The van der Waals surface area contributed by atoms with Gasteiger partial charge in [0.15, 0.2) is 0 Å². The lowest BCUT2D eigenvalue weighted by molar-refractivity contribution is 0.598. The molecule has 0 saturated heterocycles. The Morgan fingerprint density at radius 2 is 1.72 bits per heavy atom. The minimum Gasteiger partial charge on any atom is -0.355 e. The number of hydrogen-bond acceptors (Lipinski definition) is 3. The highest BCUT2D eigenvalue weighted by molar-refractivity contribution is 9.10. The average Bonchev–Trinajstić information content (AvgIpc) is 2.32. The molecule has 0 atom stereocenters. The zero-order valence-electron chi connectivity index (χ0n) is 9.30. The zero-order chi connectivity index (χ0) is 13.2. The van der Waals surface area contributed by atoms with Crippen LogP contribution in [0.2, 0.25) is 0 Å². The second-order valence-electron chi connectivity index (χ2n) is 3.68. The second kappa shape index (κ2) is 5.09. The van der Waals surface area contributed by atoms with Gasteiger partial charge in [0.25, 0.3) is 0 Å². The molecule has 0 amide bonds. The van der Waals surface area contributed by atoms with Crippen molar-refractivity contribution in [2.45, 2.75) is 4.90 Å².